The van der Waals surface area contributed by atoms with Crippen LogP contribution in [0, 0.1) is 0 Å². The van der Waals surface area contributed by atoms with Gasteiger partial charge < -0.3 is 14.7 Å². The molecule has 0 amide bonds. The third-order valence-electron chi connectivity index (χ3n) is 6.43. The number of quaternary nitrogens is 1. The van der Waals surface area contributed by atoms with Crippen molar-refractivity contribution in [1.29, 1.82) is 0 Å². The summed E-state index contributed by atoms with van der Waals surface area (Å²) in [7, 11) is 0. The number of nitrogens with zero attached hydrogens (tertiary/aromatic N) is 3. The van der Waals surface area contributed by atoms with Crippen molar-refractivity contribution in [2.45, 2.75) is 33.9 Å². The molecule has 0 bridgehead atoms. The van der Waals surface area contributed by atoms with Gasteiger partial charge >= 0.3 is 0 Å². The Balaban J connectivity index is 1.69. The smallest absolute Gasteiger partial charge is 0.187 e. The molecule has 0 saturated heterocycles. The average molecular weight is 527 g/mol. The van der Waals surface area contributed by atoms with Gasteiger partial charge in [0.25, 0.3) is 0 Å². The molecule has 0 saturated carbocycles. The fourth-order valence-electron chi connectivity index (χ4n) is 4.96. The Labute approximate surface area is 216 Å². The van der Waals surface area contributed by atoms with Crippen molar-refractivity contribution >= 4 is 69.2 Å². The van der Waals surface area contributed by atoms with Gasteiger partial charge in [-0.25, -0.2) is 0 Å². The summed E-state index contributed by atoms with van der Waals surface area (Å²) < 4.78 is 0. The average Bonchev–Trinajstić information content (AvgIpc) is 3.24. The van der Waals surface area contributed by atoms with Gasteiger partial charge in [0.05, 0.1) is 38.0 Å². The van der Waals surface area contributed by atoms with Crippen LogP contribution < -0.4 is 19.6 Å². The van der Waals surface area contributed by atoms with Gasteiger partial charge in [-0.15, -0.1) is 0 Å². The number of halogens is 4. The van der Waals surface area contributed by atoms with E-state index in [4.69, 9.17) is 46.4 Å². The number of fused-ring (bicyclic) bond motifs is 2. The molecule has 2 aromatic rings. The zero-order chi connectivity index (χ0) is 23.9. The first-order valence-electron chi connectivity index (χ1n) is 11.4. The van der Waals surface area contributed by atoms with Crippen LogP contribution in [-0.2, 0) is 0 Å². The van der Waals surface area contributed by atoms with Gasteiger partial charge in [0.1, 0.15) is 11.5 Å². The lowest BCUT2D eigenvalue weighted by molar-refractivity contribution is -0.843. The van der Waals surface area contributed by atoms with Crippen LogP contribution in [0.2, 0.25) is 20.1 Å². The number of rotatable bonds is 6. The molecule has 4 nitrogen and oxygen atoms in total. The van der Waals surface area contributed by atoms with Gasteiger partial charge in [0.2, 0.25) is 0 Å². The van der Waals surface area contributed by atoms with Crippen molar-refractivity contribution in [3.05, 3.63) is 68.4 Å². The number of likely N-dealkylation sites (N-methyl/N-ethyl adjacent to an activating group) is 2. The van der Waals surface area contributed by atoms with E-state index in [9.17, 15) is 0 Å². The van der Waals surface area contributed by atoms with Crippen LogP contribution in [0.3, 0.4) is 0 Å². The van der Waals surface area contributed by atoms with E-state index in [1.807, 2.05) is 24.3 Å². The Morgan fingerprint density at radius 2 is 1.27 bits per heavy atom. The maximum atomic E-state index is 6.35. The molecular weight excluding hydrogens is 498 g/mol. The van der Waals surface area contributed by atoms with Crippen molar-refractivity contribution in [3.8, 4) is 0 Å². The quantitative estimate of drug-likeness (QED) is 0.447. The summed E-state index contributed by atoms with van der Waals surface area (Å²) in [5, 5.41) is 2.34. The highest BCUT2D eigenvalue weighted by Gasteiger charge is 2.38. The lowest BCUT2D eigenvalue weighted by Gasteiger charge is -2.25. The molecule has 0 radical (unpaired) electrons. The predicted molar refractivity (Wildman–Crippen MR) is 144 cm³/mol. The molecule has 33 heavy (non-hydrogen) atoms. The molecule has 2 heterocycles. The Bertz CT molecular complexity index is 1040. The normalized spacial score (nSPS) is 19.6. The van der Waals surface area contributed by atoms with E-state index in [-0.39, 0.29) is 6.17 Å². The summed E-state index contributed by atoms with van der Waals surface area (Å²) in [6.07, 6.45) is 6.77. The van der Waals surface area contributed by atoms with E-state index in [1.54, 1.807) is 0 Å². The zero-order valence-electron chi connectivity index (χ0n) is 19.3. The van der Waals surface area contributed by atoms with E-state index in [0.717, 1.165) is 49.1 Å². The molecule has 2 unspecified atom stereocenters. The highest BCUT2D eigenvalue weighted by Crippen LogP contribution is 2.45. The topological polar surface area (TPSA) is 14.2 Å². The van der Waals surface area contributed by atoms with Crippen LogP contribution in [0.4, 0.5) is 22.7 Å². The van der Waals surface area contributed by atoms with Crippen molar-refractivity contribution in [2.75, 3.05) is 40.9 Å². The number of hydrogen-bond donors (Lipinski definition) is 1. The lowest BCUT2D eigenvalue weighted by atomic mass is 10.2. The third kappa shape index (κ3) is 4.21. The fourth-order valence-corrected chi connectivity index (χ4v) is 5.59. The lowest BCUT2D eigenvalue weighted by Crippen LogP contribution is -3.10. The number of allylic oxidation sites excluding steroid dienone is 2. The summed E-state index contributed by atoms with van der Waals surface area (Å²) >= 11 is 25.4. The minimum absolute atomic E-state index is 0.166. The van der Waals surface area contributed by atoms with E-state index in [1.165, 1.54) is 10.6 Å². The Hall–Kier alpha value is -1.56. The van der Waals surface area contributed by atoms with Gasteiger partial charge in [-0.3, -0.25) is 4.90 Å². The predicted octanol–water partition coefficient (Wildman–Crippen LogP) is 6.77. The Morgan fingerprint density at radius 1 is 0.758 bits per heavy atom. The van der Waals surface area contributed by atoms with Gasteiger partial charge in [0, 0.05) is 25.7 Å². The second kappa shape index (κ2) is 9.97. The van der Waals surface area contributed by atoms with Crippen LogP contribution in [0.5, 0.6) is 0 Å². The first kappa shape index (κ1) is 24.6. The van der Waals surface area contributed by atoms with Gasteiger partial charge in [0.15, 0.2) is 11.9 Å². The van der Waals surface area contributed by atoms with Crippen molar-refractivity contribution in [3.63, 3.8) is 0 Å². The van der Waals surface area contributed by atoms with Crippen LogP contribution in [0.25, 0.3) is 0 Å². The zero-order valence-corrected chi connectivity index (χ0v) is 22.3. The highest BCUT2D eigenvalue weighted by atomic mass is 35.5. The summed E-state index contributed by atoms with van der Waals surface area (Å²) in [4.78, 5) is 8.28. The van der Waals surface area contributed by atoms with E-state index in [0.29, 0.717) is 20.1 Å². The summed E-state index contributed by atoms with van der Waals surface area (Å²) in [6.45, 7) is 12.1. The Morgan fingerprint density at radius 3 is 1.76 bits per heavy atom. The minimum Gasteiger partial charge on any atom is -0.326 e. The first-order chi connectivity index (χ1) is 15.9. The standard InChI is InChI=1S/C25H28Cl4N4/c1-5-30-20-12-16(26)17(27)13-21(20)31(6-2)24(30)10-9-11-25-32(7-3)22-14-18(28)19(29)15-23(22)33(25)8-4/h9-15,24H,5-8H2,1-4H3/p+1/b10-9+. The van der Waals surface area contributed by atoms with Crippen LogP contribution >= 0.6 is 46.4 Å². The number of nitrogens with one attached hydrogen (secondary N) is 1. The third-order valence-corrected chi connectivity index (χ3v) is 7.88. The molecule has 2 aliphatic rings. The van der Waals surface area contributed by atoms with E-state index in [2.05, 4.69) is 60.6 Å². The monoisotopic (exact) mass is 525 g/mol. The molecule has 0 aliphatic carbocycles. The molecule has 2 aliphatic heterocycles. The molecular formula is C25H29Cl4N4+. The van der Waals surface area contributed by atoms with Gasteiger partial charge in [-0.1, -0.05) is 52.5 Å². The summed E-state index contributed by atoms with van der Waals surface area (Å²) in [6, 6.07) is 7.91. The Kier molecular flexibility index (Phi) is 7.42. The van der Waals surface area contributed by atoms with E-state index < -0.39 is 0 Å². The van der Waals surface area contributed by atoms with Crippen LogP contribution in [0.15, 0.2) is 48.3 Å². The molecule has 0 aromatic heterocycles. The molecule has 8 heteroatoms. The SMILES string of the molecule is CCN1C(=C/C=C/C2N(CC)c3cc(Cl)c(Cl)cc3[NH+]2CC)N(CC)c2cc(Cl)c(Cl)cc21. The molecule has 2 atom stereocenters. The highest BCUT2D eigenvalue weighted by molar-refractivity contribution is 6.43. The van der Waals surface area contributed by atoms with Gasteiger partial charge in [-0.2, -0.15) is 0 Å². The molecule has 2 aromatic carbocycles. The fraction of sp³-hybridized carbons (Fsp3) is 0.360. The molecule has 0 spiro atoms. The number of hydrogen-bond acceptors (Lipinski definition) is 3. The minimum atomic E-state index is 0.166. The first-order valence-corrected chi connectivity index (χ1v) is 12.9. The summed E-state index contributed by atoms with van der Waals surface area (Å²) in [5.41, 5.74) is 4.51. The second-order valence-corrected chi connectivity index (χ2v) is 9.68. The second-order valence-electron chi connectivity index (χ2n) is 8.05. The maximum Gasteiger partial charge on any atom is 0.187 e. The van der Waals surface area contributed by atoms with E-state index >= 15 is 0 Å². The number of benzene rings is 2. The van der Waals surface area contributed by atoms with Crippen LogP contribution in [0.1, 0.15) is 27.7 Å². The van der Waals surface area contributed by atoms with Crippen molar-refractivity contribution < 1.29 is 4.90 Å². The van der Waals surface area contributed by atoms with Crippen LogP contribution in [-0.4, -0.2) is 32.3 Å². The van der Waals surface area contributed by atoms with Crippen molar-refractivity contribution in [2.24, 2.45) is 0 Å². The molecule has 4 rings (SSSR count). The molecule has 1 N–H and O–H groups in total. The van der Waals surface area contributed by atoms with Gasteiger partial charge in [-0.05, 0) is 58.0 Å². The molecule has 176 valence electrons. The number of anilines is 3. The molecule has 0 fully saturated rings. The summed E-state index contributed by atoms with van der Waals surface area (Å²) in [5.74, 6) is 1.12. The van der Waals surface area contributed by atoms with Crippen molar-refractivity contribution in [1.82, 2.24) is 0 Å². The maximum absolute atomic E-state index is 6.35. The largest absolute Gasteiger partial charge is 0.326 e.